The average molecular weight is 430 g/mol. The summed E-state index contributed by atoms with van der Waals surface area (Å²) in [5, 5.41) is 20.7. The third kappa shape index (κ3) is 4.44. The SMILES string of the molecule is Cc1cccc(-c2nc3scc(CCNC(=O)C(=O)Nc4ccccc4C#N)n3n2)c1. The number of nitriles is 1. The van der Waals surface area contributed by atoms with E-state index in [2.05, 4.69) is 20.7 Å². The number of anilines is 1. The number of aryl methyl sites for hydroxylation is 1. The van der Waals surface area contributed by atoms with Crippen LogP contribution in [0.4, 0.5) is 5.69 Å². The Bertz CT molecular complexity index is 1320. The van der Waals surface area contributed by atoms with Crippen LogP contribution >= 0.6 is 11.3 Å². The fraction of sp³-hybridized carbons (Fsp3) is 0.136. The van der Waals surface area contributed by atoms with Crippen molar-refractivity contribution in [3.05, 3.63) is 70.7 Å². The fourth-order valence-electron chi connectivity index (χ4n) is 3.06. The first-order chi connectivity index (χ1) is 15.0. The second kappa shape index (κ2) is 8.77. The van der Waals surface area contributed by atoms with E-state index in [4.69, 9.17) is 5.26 Å². The Kier molecular flexibility index (Phi) is 5.73. The number of fused-ring (bicyclic) bond motifs is 1. The number of carbonyl (C=O) groups is 2. The highest BCUT2D eigenvalue weighted by Gasteiger charge is 2.16. The third-order valence-corrected chi connectivity index (χ3v) is 5.46. The minimum Gasteiger partial charge on any atom is -0.347 e. The maximum absolute atomic E-state index is 12.1. The van der Waals surface area contributed by atoms with E-state index in [-0.39, 0.29) is 6.54 Å². The number of amides is 2. The lowest BCUT2D eigenvalue weighted by atomic mass is 10.1. The molecule has 0 bridgehead atoms. The Hall–Kier alpha value is -4.03. The summed E-state index contributed by atoms with van der Waals surface area (Å²) in [4.78, 5) is 29.6. The molecule has 0 radical (unpaired) electrons. The van der Waals surface area contributed by atoms with Crippen LogP contribution < -0.4 is 10.6 Å². The number of thiazole rings is 1. The molecule has 2 heterocycles. The number of para-hydroxylation sites is 1. The van der Waals surface area contributed by atoms with Crippen molar-refractivity contribution < 1.29 is 9.59 Å². The van der Waals surface area contributed by atoms with Crippen molar-refractivity contribution >= 4 is 33.8 Å². The van der Waals surface area contributed by atoms with Gasteiger partial charge in [0.25, 0.3) is 0 Å². The highest BCUT2D eigenvalue weighted by atomic mass is 32.1. The van der Waals surface area contributed by atoms with Gasteiger partial charge in [-0.05, 0) is 25.1 Å². The van der Waals surface area contributed by atoms with Crippen LogP contribution in [0.3, 0.4) is 0 Å². The molecule has 0 spiro atoms. The zero-order valence-corrected chi connectivity index (χ0v) is 17.4. The average Bonchev–Trinajstić information content (AvgIpc) is 3.36. The van der Waals surface area contributed by atoms with E-state index in [1.165, 1.54) is 11.3 Å². The lowest BCUT2D eigenvalue weighted by Crippen LogP contribution is -2.36. The van der Waals surface area contributed by atoms with Crippen LogP contribution in [0.2, 0.25) is 0 Å². The zero-order chi connectivity index (χ0) is 21.8. The van der Waals surface area contributed by atoms with Crippen molar-refractivity contribution in [2.45, 2.75) is 13.3 Å². The van der Waals surface area contributed by atoms with E-state index in [0.29, 0.717) is 23.5 Å². The molecular formula is C22H18N6O2S. The summed E-state index contributed by atoms with van der Waals surface area (Å²) in [6, 6.07) is 16.5. The Morgan fingerprint density at radius 2 is 2.00 bits per heavy atom. The molecule has 154 valence electrons. The Labute approximate surface area is 182 Å². The predicted octanol–water partition coefficient (Wildman–Crippen LogP) is 2.94. The van der Waals surface area contributed by atoms with Gasteiger partial charge >= 0.3 is 11.8 Å². The summed E-state index contributed by atoms with van der Waals surface area (Å²) in [5.41, 5.74) is 3.57. The van der Waals surface area contributed by atoms with Gasteiger partial charge in [0.15, 0.2) is 5.82 Å². The minimum atomic E-state index is -0.819. The van der Waals surface area contributed by atoms with Crippen molar-refractivity contribution in [2.24, 2.45) is 0 Å². The second-order valence-corrected chi connectivity index (χ2v) is 7.68. The monoisotopic (exact) mass is 430 g/mol. The summed E-state index contributed by atoms with van der Waals surface area (Å²) in [7, 11) is 0. The molecule has 8 nitrogen and oxygen atoms in total. The maximum atomic E-state index is 12.1. The van der Waals surface area contributed by atoms with Gasteiger partial charge in [0.2, 0.25) is 4.96 Å². The second-order valence-electron chi connectivity index (χ2n) is 6.84. The number of hydrogen-bond donors (Lipinski definition) is 2. The van der Waals surface area contributed by atoms with Crippen LogP contribution in [0.1, 0.15) is 16.8 Å². The van der Waals surface area contributed by atoms with Gasteiger partial charge in [-0.15, -0.1) is 16.4 Å². The number of hydrogen-bond acceptors (Lipinski definition) is 6. The molecule has 4 rings (SSSR count). The summed E-state index contributed by atoms with van der Waals surface area (Å²) in [5.74, 6) is -0.935. The Balaban J connectivity index is 1.37. The molecule has 0 aliphatic heterocycles. The van der Waals surface area contributed by atoms with E-state index >= 15 is 0 Å². The molecule has 2 aromatic carbocycles. The van der Waals surface area contributed by atoms with Gasteiger partial charge < -0.3 is 10.6 Å². The molecule has 2 N–H and O–H groups in total. The summed E-state index contributed by atoms with van der Waals surface area (Å²) >= 11 is 1.47. The topological polar surface area (TPSA) is 112 Å². The quantitative estimate of drug-likeness (QED) is 0.473. The highest BCUT2D eigenvalue weighted by Crippen LogP contribution is 2.21. The third-order valence-electron chi connectivity index (χ3n) is 4.59. The van der Waals surface area contributed by atoms with E-state index in [1.807, 2.05) is 42.6 Å². The van der Waals surface area contributed by atoms with Gasteiger partial charge in [-0.2, -0.15) is 10.2 Å². The first-order valence-electron chi connectivity index (χ1n) is 9.53. The standard InChI is InChI=1S/C22H18N6O2S/c1-14-5-4-7-15(11-14)19-26-22-28(27-19)17(13-31-22)9-10-24-20(29)21(30)25-18-8-3-2-6-16(18)12-23/h2-8,11,13H,9-10H2,1H3,(H,24,29)(H,25,30). The summed E-state index contributed by atoms with van der Waals surface area (Å²) < 4.78 is 1.76. The van der Waals surface area contributed by atoms with Gasteiger partial charge in [-0.3, -0.25) is 9.59 Å². The molecule has 0 saturated heterocycles. The zero-order valence-electron chi connectivity index (χ0n) is 16.6. The molecule has 2 aromatic heterocycles. The fourth-order valence-corrected chi connectivity index (χ4v) is 3.91. The molecule has 31 heavy (non-hydrogen) atoms. The number of nitrogens with one attached hydrogen (secondary N) is 2. The highest BCUT2D eigenvalue weighted by molar-refractivity contribution is 7.15. The lowest BCUT2D eigenvalue weighted by Gasteiger charge is -2.07. The number of benzene rings is 2. The van der Waals surface area contributed by atoms with E-state index in [0.717, 1.165) is 21.8 Å². The predicted molar refractivity (Wildman–Crippen MR) is 118 cm³/mol. The first kappa shape index (κ1) is 20.3. The maximum Gasteiger partial charge on any atom is 0.313 e. The molecule has 0 unspecified atom stereocenters. The van der Waals surface area contributed by atoms with Crippen LogP contribution in [-0.4, -0.2) is 33.0 Å². The normalized spacial score (nSPS) is 10.6. The largest absolute Gasteiger partial charge is 0.347 e. The molecular weight excluding hydrogens is 412 g/mol. The molecule has 0 aliphatic carbocycles. The van der Waals surface area contributed by atoms with Gasteiger partial charge in [0, 0.05) is 23.9 Å². The smallest absolute Gasteiger partial charge is 0.313 e. The van der Waals surface area contributed by atoms with Crippen molar-refractivity contribution in [1.29, 1.82) is 5.26 Å². The number of rotatable bonds is 5. The van der Waals surface area contributed by atoms with Crippen molar-refractivity contribution in [1.82, 2.24) is 19.9 Å². The van der Waals surface area contributed by atoms with Gasteiger partial charge in [0.1, 0.15) is 6.07 Å². The molecule has 9 heteroatoms. The van der Waals surface area contributed by atoms with E-state index < -0.39 is 11.8 Å². The van der Waals surface area contributed by atoms with E-state index in [1.54, 1.807) is 28.8 Å². The number of carbonyl (C=O) groups excluding carboxylic acids is 2. The molecule has 2 amide bonds. The van der Waals surface area contributed by atoms with Gasteiger partial charge in [-0.25, -0.2) is 4.52 Å². The van der Waals surface area contributed by atoms with Crippen LogP contribution in [-0.2, 0) is 16.0 Å². The van der Waals surface area contributed by atoms with Crippen LogP contribution in [0, 0.1) is 18.3 Å². The first-order valence-corrected chi connectivity index (χ1v) is 10.4. The molecule has 0 atom stereocenters. The summed E-state index contributed by atoms with van der Waals surface area (Å²) in [6.45, 7) is 2.28. The van der Waals surface area contributed by atoms with Crippen molar-refractivity contribution in [2.75, 3.05) is 11.9 Å². The molecule has 0 fully saturated rings. The number of nitrogens with zero attached hydrogens (tertiary/aromatic N) is 4. The Morgan fingerprint density at radius 3 is 2.81 bits per heavy atom. The van der Waals surface area contributed by atoms with Crippen LogP contribution in [0.5, 0.6) is 0 Å². The minimum absolute atomic E-state index is 0.262. The van der Waals surface area contributed by atoms with Crippen molar-refractivity contribution in [3.8, 4) is 17.5 Å². The van der Waals surface area contributed by atoms with Gasteiger partial charge in [-0.1, -0.05) is 35.9 Å². The number of aromatic nitrogens is 3. The van der Waals surface area contributed by atoms with Crippen LogP contribution in [0.25, 0.3) is 16.3 Å². The molecule has 0 saturated carbocycles. The van der Waals surface area contributed by atoms with E-state index in [9.17, 15) is 9.59 Å². The summed E-state index contributed by atoms with van der Waals surface area (Å²) in [6.07, 6.45) is 0.490. The molecule has 0 aliphatic rings. The molecule has 4 aromatic rings. The van der Waals surface area contributed by atoms with Gasteiger partial charge in [0.05, 0.1) is 16.9 Å². The van der Waals surface area contributed by atoms with Crippen molar-refractivity contribution in [3.63, 3.8) is 0 Å². The van der Waals surface area contributed by atoms with Crippen LogP contribution in [0.15, 0.2) is 53.9 Å². The Morgan fingerprint density at radius 1 is 1.16 bits per heavy atom. The lowest BCUT2D eigenvalue weighted by molar-refractivity contribution is -0.136.